The molecule has 0 unspecified atom stereocenters. The quantitative estimate of drug-likeness (QED) is 0.699. The fraction of sp³-hybridized carbons (Fsp3) is 0.381. The Morgan fingerprint density at radius 3 is 2.52 bits per heavy atom. The van der Waals surface area contributed by atoms with Crippen LogP contribution < -0.4 is 4.72 Å². The summed E-state index contributed by atoms with van der Waals surface area (Å²) in [5, 5.41) is 9.67. The van der Waals surface area contributed by atoms with Crippen LogP contribution in [0.2, 0.25) is 0 Å². The number of benzene rings is 2. The molecule has 166 valence electrons. The summed E-state index contributed by atoms with van der Waals surface area (Å²) in [5.41, 5.74) is 0.0374. The standard InChI is InChI=1S/C21H21F3N2O4S/c22-12-31(29,30)25-19-17(26(20(27)28)11-21(19)7-8-21)10-14-4-2-6-16(18(14)24)13-3-1-5-15(23)9-13/h1-6,9,17,19,25H,7-8,10-12H2,(H,27,28)/t17-,19+/m0/s1. The Morgan fingerprint density at radius 2 is 1.90 bits per heavy atom. The molecule has 2 N–H and O–H groups in total. The van der Waals surface area contributed by atoms with Crippen LogP contribution in [0.4, 0.5) is 18.0 Å². The number of alkyl halides is 1. The fourth-order valence-corrected chi connectivity index (χ4v) is 5.34. The summed E-state index contributed by atoms with van der Waals surface area (Å²) in [7, 11) is -4.25. The highest BCUT2D eigenvalue weighted by molar-refractivity contribution is 7.89. The van der Waals surface area contributed by atoms with Crippen LogP contribution in [0.1, 0.15) is 18.4 Å². The summed E-state index contributed by atoms with van der Waals surface area (Å²) in [6, 6.07) is 6.61. The number of likely N-dealkylation sites (tertiary alicyclic amines) is 1. The third-order valence-electron chi connectivity index (χ3n) is 6.16. The van der Waals surface area contributed by atoms with E-state index >= 15 is 4.39 Å². The zero-order valence-electron chi connectivity index (χ0n) is 16.4. The molecule has 2 aromatic rings. The van der Waals surface area contributed by atoms with E-state index < -0.39 is 51.3 Å². The minimum Gasteiger partial charge on any atom is -0.465 e. The zero-order chi connectivity index (χ0) is 22.4. The van der Waals surface area contributed by atoms with Gasteiger partial charge in [-0.05, 0) is 42.5 Å². The number of amides is 1. The van der Waals surface area contributed by atoms with Crippen molar-refractivity contribution in [2.75, 3.05) is 12.6 Å². The largest absolute Gasteiger partial charge is 0.465 e. The third kappa shape index (κ3) is 4.14. The van der Waals surface area contributed by atoms with Gasteiger partial charge in [0, 0.05) is 17.5 Å². The van der Waals surface area contributed by atoms with Crippen molar-refractivity contribution in [3.05, 3.63) is 59.7 Å². The van der Waals surface area contributed by atoms with Crippen molar-refractivity contribution in [2.45, 2.75) is 31.3 Å². The van der Waals surface area contributed by atoms with Crippen LogP contribution in [0.25, 0.3) is 11.1 Å². The maximum atomic E-state index is 15.3. The van der Waals surface area contributed by atoms with E-state index in [4.69, 9.17) is 0 Å². The van der Waals surface area contributed by atoms with Crippen molar-refractivity contribution in [2.24, 2.45) is 5.41 Å². The zero-order valence-corrected chi connectivity index (χ0v) is 17.2. The number of halogens is 3. The van der Waals surface area contributed by atoms with Crippen LogP contribution in [-0.4, -0.2) is 49.2 Å². The van der Waals surface area contributed by atoms with Crippen LogP contribution in [-0.2, 0) is 16.4 Å². The van der Waals surface area contributed by atoms with Gasteiger partial charge in [-0.15, -0.1) is 0 Å². The van der Waals surface area contributed by atoms with Gasteiger partial charge in [0.05, 0.1) is 12.1 Å². The molecule has 4 rings (SSSR count). The van der Waals surface area contributed by atoms with Crippen molar-refractivity contribution < 1.29 is 31.5 Å². The average Bonchev–Trinajstić information content (AvgIpc) is 3.44. The maximum Gasteiger partial charge on any atom is 0.407 e. The average molecular weight is 454 g/mol. The molecule has 0 aromatic heterocycles. The SMILES string of the molecule is O=C(O)N1CC2(CC2)[C@H](NS(=O)(=O)CF)[C@@H]1Cc1cccc(-c2cccc(F)c2)c1F. The van der Waals surface area contributed by atoms with Gasteiger partial charge in [-0.2, -0.15) is 0 Å². The molecule has 0 bridgehead atoms. The Kier molecular flexibility index (Phi) is 5.47. The van der Waals surface area contributed by atoms with Gasteiger partial charge < -0.3 is 10.0 Å². The summed E-state index contributed by atoms with van der Waals surface area (Å²) in [5.74, 6) is -1.16. The van der Waals surface area contributed by atoms with Crippen LogP contribution in [0.5, 0.6) is 0 Å². The fourth-order valence-electron chi connectivity index (χ4n) is 4.48. The minimum atomic E-state index is -4.25. The molecule has 1 aliphatic heterocycles. The predicted octanol–water partition coefficient (Wildman–Crippen LogP) is 3.53. The topological polar surface area (TPSA) is 86.7 Å². The Bertz CT molecular complexity index is 1120. The molecule has 2 aromatic carbocycles. The first kappa shape index (κ1) is 21.6. The van der Waals surface area contributed by atoms with E-state index in [1.54, 1.807) is 12.1 Å². The number of hydrogen-bond donors (Lipinski definition) is 2. The minimum absolute atomic E-state index is 0.0949. The maximum absolute atomic E-state index is 15.3. The summed E-state index contributed by atoms with van der Waals surface area (Å²) in [6.45, 7) is 0.0949. The number of carbonyl (C=O) groups is 1. The normalized spacial score (nSPS) is 22.1. The molecule has 2 fully saturated rings. The monoisotopic (exact) mass is 454 g/mol. The summed E-state index contributed by atoms with van der Waals surface area (Å²) >= 11 is 0. The molecule has 31 heavy (non-hydrogen) atoms. The second-order valence-electron chi connectivity index (χ2n) is 8.15. The molecular weight excluding hydrogens is 433 g/mol. The second-order valence-corrected chi connectivity index (χ2v) is 9.84. The molecule has 1 spiro atoms. The smallest absolute Gasteiger partial charge is 0.407 e. The first-order valence-electron chi connectivity index (χ1n) is 9.75. The van der Waals surface area contributed by atoms with E-state index in [1.807, 2.05) is 0 Å². The van der Waals surface area contributed by atoms with E-state index in [-0.39, 0.29) is 24.1 Å². The third-order valence-corrected chi connectivity index (χ3v) is 7.06. The predicted molar refractivity (Wildman–Crippen MR) is 108 cm³/mol. The molecule has 1 aliphatic carbocycles. The highest BCUT2D eigenvalue weighted by Gasteiger charge is 2.61. The van der Waals surface area contributed by atoms with E-state index in [1.165, 1.54) is 30.3 Å². The van der Waals surface area contributed by atoms with Crippen molar-refractivity contribution in [3.63, 3.8) is 0 Å². The van der Waals surface area contributed by atoms with Gasteiger partial charge in [0.15, 0.2) is 0 Å². The van der Waals surface area contributed by atoms with Gasteiger partial charge in [-0.3, -0.25) is 0 Å². The number of carboxylic acid groups (broad SMARTS) is 1. The Balaban J connectivity index is 1.70. The van der Waals surface area contributed by atoms with Crippen molar-refractivity contribution in [1.82, 2.24) is 9.62 Å². The van der Waals surface area contributed by atoms with Crippen LogP contribution in [0.15, 0.2) is 42.5 Å². The van der Waals surface area contributed by atoms with E-state index in [0.717, 1.165) is 4.90 Å². The second kappa shape index (κ2) is 7.83. The number of hydrogen-bond acceptors (Lipinski definition) is 3. The van der Waals surface area contributed by atoms with Gasteiger partial charge >= 0.3 is 6.09 Å². The van der Waals surface area contributed by atoms with Gasteiger partial charge in [-0.25, -0.2) is 31.1 Å². The lowest BCUT2D eigenvalue weighted by molar-refractivity contribution is 0.136. The Hall–Kier alpha value is -2.59. The molecule has 1 heterocycles. The van der Waals surface area contributed by atoms with Crippen LogP contribution in [0, 0.1) is 17.0 Å². The van der Waals surface area contributed by atoms with Crippen LogP contribution in [0.3, 0.4) is 0 Å². The van der Waals surface area contributed by atoms with Gasteiger partial charge in [0.1, 0.15) is 11.6 Å². The number of nitrogens with one attached hydrogen (secondary N) is 1. The first-order chi connectivity index (χ1) is 14.7. The highest BCUT2D eigenvalue weighted by atomic mass is 32.2. The lowest BCUT2D eigenvalue weighted by Gasteiger charge is -2.28. The van der Waals surface area contributed by atoms with E-state index in [0.29, 0.717) is 18.4 Å². The summed E-state index contributed by atoms with van der Waals surface area (Å²) in [4.78, 5) is 13.0. The Morgan fingerprint density at radius 1 is 1.19 bits per heavy atom. The molecule has 1 amide bonds. The summed E-state index contributed by atoms with van der Waals surface area (Å²) in [6.07, 6.45) is -0.167. The molecule has 1 saturated carbocycles. The molecule has 2 aliphatic rings. The van der Waals surface area contributed by atoms with Crippen LogP contribution >= 0.6 is 0 Å². The van der Waals surface area contributed by atoms with Crippen molar-refractivity contribution in [1.29, 1.82) is 0 Å². The molecular formula is C21H21F3N2O4S. The highest BCUT2D eigenvalue weighted by Crippen LogP contribution is 2.55. The van der Waals surface area contributed by atoms with Gasteiger partial charge in [0.25, 0.3) is 0 Å². The lowest BCUT2D eigenvalue weighted by atomic mass is 9.91. The molecule has 2 atom stereocenters. The Labute approximate surface area is 177 Å². The van der Waals surface area contributed by atoms with E-state index in [2.05, 4.69) is 4.72 Å². The lowest BCUT2D eigenvalue weighted by Crippen LogP contribution is -2.49. The number of rotatable bonds is 6. The molecule has 0 radical (unpaired) electrons. The molecule has 6 nitrogen and oxygen atoms in total. The van der Waals surface area contributed by atoms with E-state index in [9.17, 15) is 27.1 Å². The summed E-state index contributed by atoms with van der Waals surface area (Å²) < 4.78 is 68.0. The molecule has 10 heteroatoms. The first-order valence-corrected chi connectivity index (χ1v) is 11.4. The van der Waals surface area contributed by atoms with Crippen molar-refractivity contribution in [3.8, 4) is 11.1 Å². The number of sulfonamides is 1. The van der Waals surface area contributed by atoms with Crippen molar-refractivity contribution >= 4 is 16.1 Å². The number of nitrogens with zero attached hydrogens (tertiary/aromatic N) is 1. The molecule has 1 saturated heterocycles. The van der Waals surface area contributed by atoms with Gasteiger partial charge in [0.2, 0.25) is 16.0 Å². The van der Waals surface area contributed by atoms with Gasteiger partial charge in [-0.1, -0.05) is 30.3 Å².